The van der Waals surface area contributed by atoms with Crippen LogP contribution in [-0.2, 0) is 6.54 Å². The molecule has 0 saturated carbocycles. The molecule has 1 aromatic carbocycles. The zero-order valence-electron chi connectivity index (χ0n) is 7.64. The van der Waals surface area contributed by atoms with Gasteiger partial charge in [-0.15, -0.1) is 0 Å². The summed E-state index contributed by atoms with van der Waals surface area (Å²) in [6.07, 6.45) is 0. The number of nitrogens with one attached hydrogen (secondary N) is 1. The van der Waals surface area contributed by atoms with Gasteiger partial charge in [-0.2, -0.15) is 0 Å². The smallest absolute Gasteiger partial charge is 0.127 e. The molecule has 0 radical (unpaired) electrons. The summed E-state index contributed by atoms with van der Waals surface area (Å²) < 4.78 is 14.0. The molecule has 1 aromatic rings. The summed E-state index contributed by atoms with van der Waals surface area (Å²) in [5, 5.41) is 1.79. The zero-order chi connectivity index (χ0) is 9.84. The molecular formula is C9H12BrFN2. The van der Waals surface area contributed by atoms with Gasteiger partial charge in [0, 0.05) is 30.7 Å². The lowest BCUT2D eigenvalue weighted by atomic mass is 10.2. The number of nitrogens with zero attached hydrogens (tertiary/aromatic N) is 1. The third-order valence-corrected chi connectivity index (χ3v) is 2.09. The second kappa shape index (κ2) is 4.69. The SMILES string of the molecule is CN(C)NCc1cc(Br)ccc1F. The van der Waals surface area contributed by atoms with Crippen molar-refractivity contribution in [2.75, 3.05) is 14.1 Å². The Hall–Kier alpha value is -0.450. The predicted molar refractivity (Wildman–Crippen MR) is 54.6 cm³/mol. The molecule has 0 amide bonds. The van der Waals surface area contributed by atoms with Crippen LogP contribution in [0.3, 0.4) is 0 Å². The van der Waals surface area contributed by atoms with Gasteiger partial charge >= 0.3 is 0 Å². The van der Waals surface area contributed by atoms with E-state index in [0.717, 1.165) is 4.47 Å². The van der Waals surface area contributed by atoms with Crippen molar-refractivity contribution in [3.05, 3.63) is 34.1 Å². The maximum Gasteiger partial charge on any atom is 0.127 e. The molecule has 0 bridgehead atoms. The van der Waals surface area contributed by atoms with Crippen molar-refractivity contribution in [3.8, 4) is 0 Å². The van der Waals surface area contributed by atoms with Gasteiger partial charge in [0.2, 0.25) is 0 Å². The van der Waals surface area contributed by atoms with Gasteiger partial charge in [0.1, 0.15) is 5.82 Å². The van der Waals surface area contributed by atoms with Crippen LogP contribution in [0, 0.1) is 5.82 Å². The first-order valence-electron chi connectivity index (χ1n) is 3.94. The molecule has 0 spiro atoms. The van der Waals surface area contributed by atoms with E-state index in [4.69, 9.17) is 0 Å². The number of benzene rings is 1. The summed E-state index contributed by atoms with van der Waals surface area (Å²) in [7, 11) is 3.74. The molecule has 1 N–H and O–H groups in total. The number of halogens is 2. The van der Waals surface area contributed by atoms with E-state index in [1.807, 2.05) is 14.1 Å². The third-order valence-electron chi connectivity index (χ3n) is 1.59. The topological polar surface area (TPSA) is 15.3 Å². The van der Waals surface area contributed by atoms with E-state index in [2.05, 4.69) is 21.4 Å². The van der Waals surface area contributed by atoms with Crippen LogP contribution in [0.1, 0.15) is 5.56 Å². The molecule has 0 unspecified atom stereocenters. The minimum Gasteiger partial charge on any atom is -0.251 e. The van der Waals surface area contributed by atoms with Gasteiger partial charge in [0.15, 0.2) is 0 Å². The summed E-state index contributed by atoms with van der Waals surface area (Å²) in [6.45, 7) is 0.498. The lowest BCUT2D eigenvalue weighted by Gasteiger charge is -2.12. The molecule has 1 rings (SSSR count). The standard InChI is InChI=1S/C9H12BrFN2/c1-13(2)12-6-7-5-8(10)3-4-9(7)11/h3-5,12H,6H2,1-2H3. The average Bonchev–Trinajstić information content (AvgIpc) is 2.06. The summed E-state index contributed by atoms with van der Waals surface area (Å²) >= 11 is 3.30. The van der Waals surface area contributed by atoms with Gasteiger partial charge in [-0.05, 0) is 18.2 Å². The fourth-order valence-electron chi connectivity index (χ4n) is 0.922. The quantitative estimate of drug-likeness (QED) is 0.823. The molecule has 0 aliphatic carbocycles. The van der Waals surface area contributed by atoms with E-state index in [9.17, 15) is 4.39 Å². The minimum absolute atomic E-state index is 0.183. The molecule has 0 saturated heterocycles. The Bertz CT molecular complexity index is 289. The number of hydrazine groups is 1. The van der Waals surface area contributed by atoms with Crippen LogP contribution in [0.5, 0.6) is 0 Å². The molecule has 13 heavy (non-hydrogen) atoms. The van der Waals surface area contributed by atoms with E-state index in [1.54, 1.807) is 17.1 Å². The lowest BCUT2D eigenvalue weighted by Crippen LogP contribution is -2.29. The molecule has 0 aliphatic rings. The number of rotatable bonds is 3. The van der Waals surface area contributed by atoms with Crippen molar-refractivity contribution in [1.29, 1.82) is 0 Å². The van der Waals surface area contributed by atoms with Crippen LogP contribution in [-0.4, -0.2) is 19.1 Å². The number of hydrogen-bond donors (Lipinski definition) is 1. The van der Waals surface area contributed by atoms with Crippen molar-refractivity contribution >= 4 is 15.9 Å². The van der Waals surface area contributed by atoms with Gasteiger partial charge in [0.25, 0.3) is 0 Å². The molecule has 0 aliphatic heterocycles. The normalized spacial score (nSPS) is 10.8. The maximum atomic E-state index is 13.1. The first kappa shape index (κ1) is 10.6. The van der Waals surface area contributed by atoms with E-state index >= 15 is 0 Å². The highest BCUT2D eigenvalue weighted by Crippen LogP contribution is 2.15. The highest BCUT2D eigenvalue weighted by molar-refractivity contribution is 9.10. The molecule has 4 heteroatoms. The van der Waals surface area contributed by atoms with Crippen molar-refractivity contribution < 1.29 is 4.39 Å². The van der Waals surface area contributed by atoms with E-state index < -0.39 is 0 Å². The molecule has 72 valence electrons. The van der Waals surface area contributed by atoms with Crippen molar-refractivity contribution in [3.63, 3.8) is 0 Å². The van der Waals surface area contributed by atoms with Gasteiger partial charge in [0.05, 0.1) is 0 Å². The van der Waals surface area contributed by atoms with E-state index in [0.29, 0.717) is 12.1 Å². The monoisotopic (exact) mass is 246 g/mol. The molecule has 0 atom stereocenters. The van der Waals surface area contributed by atoms with Gasteiger partial charge in [-0.1, -0.05) is 15.9 Å². The van der Waals surface area contributed by atoms with Gasteiger partial charge < -0.3 is 0 Å². The first-order chi connectivity index (χ1) is 6.09. The second-order valence-corrected chi connectivity index (χ2v) is 3.88. The highest BCUT2D eigenvalue weighted by atomic mass is 79.9. The van der Waals surface area contributed by atoms with Crippen LogP contribution in [0.2, 0.25) is 0 Å². The largest absolute Gasteiger partial charge is 0.251 e. The molecular weight excluding hydrogens is 235 g/mol. The lowest BCUT2D eigenvalue weighted by molar-refractivity contribution is 0.283. The Morgan fingerprint density at radius 1 is 1.46 bits per heavy atom. The third kappa shape index (κ3) is 3.42. The van der Waals surface area contributed by atoms with Crippen LogP contribution >= 0.6 is 15.9 Å². The molecule has 0 heterocycles. The Kier molecular flexibility index (Phi) is 3.84. The second-order valence-electron chi connectivity index (χ2n) is 2.97. The first-order valence-corrected chi connectivity index (χ1v) is 4.73. The van der Waals surface area contributed by atoms with Crippen molar-refractivity contribution in [2.45, 2.75) is 6.54 Å². The van der Waals surface area contributed by atoms with E-state index in [-0.39, 0.29) is 5.82 Å². The fraction of sp³-hybridized carbons (Fsp3) is 0.333. The van der Waals surface area contributed by atoms with Gasteiger partial charge in [-0.25, -0.2) is 4.39 Å². The predicted octanol–water partition coefficient (Wildman–Crippen LogP) is 2.15. The van der Waals surface area contributed by atoms with Crippen LogP contribution < -0.4 is 5.43 Å². The summed E-state index contributed by atoms with van der Waals surface area (Å²) in [5.74, 6) is -0.183. The maximum absolute atomic E-state index is 13.1. The van der Waals surface area contributed by atoms with Crippen LogP contribution in [0.15, 0.2) is 22.7 Å². The minimum atomic E-state index is -0.183. The molecule has 2 nitrogen and oxygen atoms in total. The summed E-state index contributed by atoms with van der Waals surface area (Å²) in [5.41, 5.74) is 3.66. The van der Waals surface area contributed by atoms with Crippen molar-refractivity contribution in [1.82, 2.24) is 10.4 Å². The zero-order valence-corrected chi connectivity index (χ0v) is 9.23. The highest BCUT2D eigenvalue weighted by Gasteiger charge is 2.02. The Morgan fingerprint density at radius 2 is 2.15 bits per heavy atom. The summed E-state index contributed by atoms with van der Waals surface area (Å²) in [4.78, 5) is 0. The van der Waals surface area contributed by atoms with Crippen LogP contribution in [0.4, 0.5) is 4.39 Å². The molecule has 0 aromatic heterocycles. The summed E-state index contributed by atoms with van der Waals surface area (Å²) in [6, 6.07) is 4.91. The average molecular weight is 247 g/mol. The van der Waals surface area contributed by atoms with E-state index in [1.165, 1.54) is 6.07 Å². The van der Waals surface area contributed by atoms with Gasteiger partial charge in [-0.3, -0.25) is 10.4 Å². The Balaban J connectivity index is 2.70. The van der Waals surface area contributed by atoms with Crippen molar-refractivity contribution in [2.24, 2.45) is 0 Å². The molecule has 0 fully saturated rings. The number of hydrogen-bond acceptors (Lipinski definition) is 2. The Morgan fingerprint density at radius 3 is 2.77 bits per heavy atom. The Labute approximate surface area is 85.8 Å². The fourth-order valence-corrected chi connectivity index (χ4v) is 1.33. The van der Waals surface area contributed by atoms with Crippen LogP contribution in [0.25, 0.3) is 0 Å².